The van der Waals surface area contributed by atoms with Crippen LogP contribution in [0.2, 0.25) is 19.6 Å². The van der Waals surface area contributed by atoms with E-state index >= 15 is 0 Å². The van der Waals surface area contributed by atoms with E-state index in [-0.39, 0.29) is 6.54 Å². The number of rotatable bonds is 4. The average Bonchev–Trinajstić information content (AvgIpc) is 1.85. The molecule has 0 spiro atoms. The van der Waals surface area contributed by atoms with E-state index in [1.54, 1.807) is 0 Å². The summed E-state index contributed by atoms with van der Waals surface area (Å²) in [5.74, 6) is 0. The summed E-state index contributed by atoms with van der Waals surface area (Å²) in [7, 11) is -1.55. The Labute approximate surface area is 66.8 Å². The quantitative estimate of drug-likeness (QED) is 0.160. The largest absolute Gasteiger partial charge is 0.456 e. The van der Waals surface area contributed by atoms with Crippen molar-refractivity contribution >= 4 is 14.5 Å². The van der Waals surface area contributed by atoms with Gasteiger partial charge in [0, 0.05) is 11.1 Å². The first-order valence-electron chi connectivity index (χ1n) is 3.27. The summed E-state index contributed by atoms with van der Waals surface area (Å²) in [6.45, 7) is 6.33. The van der Waals surface area contributed by atoms with E-state index in [2.05, 4.69) is 15.2 Å². The lowest BCUT2D eigenvalue weighted by Crippen LogP contribution is -2.22. The highest BCUT2D eigenvalue weighted by Gasteiger charge is 2.14. The first-order chi connectivity index (χ1) is 5.06. The molecule has 0 saturated heterocycles. The van der Waals surface area contributed by atoms with Gasteiger partial charge in [-0.2, -0.15) is 0 Å². The lowest BCUT2D eigenvalue weighted by molar-refractivity contribution is 0.337. The van der Waals surface area contributed by atoms with Crippen molar-refractivity contribution in [2.75, 3.05) is 6.54 Å². The second-order valence-electron chi connectivity index (χ2n) is 2.91. The van der Waals surface area contributed by atoms with E-state index in [1.807, 2.05) is 19.6 Å². The molecule has 0 rings (SSSR count). The fourth-order valence-electron chi connectivity index (χ4n) is 0.302. The summed E-state index contributed by atoms with van der Waals surface area (Å²) in [6, 6.07) is 0. The van der Waals surface area contributed by atoms with Crippen LogP contribution in [0.4, 0.5) is 0 Å². The maximum Gasteiger partial charge on any atom is 0.278 e. The molecule has 0 N–H and O–H groups in total. The predicted octanol–water partition coefficient (Wildman–Crippen LogP) is 2.13. The molecule has 0 fully saturated rings. The minimum Gasteiger partial charge on any atom is -0.456 e. The van der Waals surface area contributed by atoms with E-state index in [0.717, 1.165) is 0 Å². The van der Waals surface area contributed by atoms with Crippen LogP contribution in [0.1, 0.15) is 0 Å². The molecule has 0 radical (unpaired) electrons. The smallest absolute Gasteiger partial charge is 0.278 e. The summed E-state index contributed by atoms with van der Waals surface area (Å²) < 4.78 is 5.10. The molecule has 62 valence electrons. The minimum atomic E-state index is -1.55. The van der Waals surface area contributed by atoms with Gasteiger partial charge in [0.25, 0.3) is 8.32 Å². The van der Waals surface area contributed by atoms with Crippen LogP contribution >= 0.6 is 0 Å². The highest BCUT2D eigenvalue weighted by atomic mass is 28.4. The van der Waals surface area contributed by atoms with E-state index < -0.39 is 8.32 Å². The molecule has 0 aromatic carbocycles. The molecule has 0 heterocycles. The zero-order valence-corrected chi connectivity index (χ0v) is 7.98. The molecule has 0 unspecified atom stereocenters. The van der Waals surface area contributed by atoms with Crippen LogP contribution in [0.3, 0.4) is 0 Å². The van der Waals surface area contributed by atoms with Gasteiger partial charge in [-0.1, -0.05) is 5.11 Å². The van der Waals surface area contributed by atoms with Crippen LogP contribution in [-0.2, 0) is 4.53 Å². The zero-order chi connectivity index (χ0) is 8.74. The van der Waals surface area contributed by atoms with Gasteiger partial charge in [-0.15, -0.1) is 5.16 Å². The van der Waals surface area contributed by atoms with Crippen molar-refractivity contribution in [2.45, 2.75) is 19.6 Å². The molecule has 0 amide bonds. The molecule has 5 nitrogen and oxygen atoms in total. The van der Waals surface area contributed by atoms with Crippen molar-refractivity contribution in [3.63, 3.8) is 0 Å². The molecular formula is C5H12N4OSi. The number of oxime groups is 1. The van der Waals surface area contributed by atoms with Gasteiger partial charge in [0.2, 0.25) is 0 Å². The fourth-order valence-corrected chi connectivity index (χ4v) is 0.693. The third-order valence-corrected chi connectivity index (χ3v) is 1.28. The maximum absolute atomic E-state index is 7.89. The lowest BCUT2D eigenvalue weighted by atomic mass is 10.8. The van der Waals surface area contributed by atoms with Gasteiger partial charge in [0.1, 0.15) is 0 Å². The summed E-state index contributed by atoms with van der Waals surface area (Å²) in [6.07, 6.45) is 1.46. The predicted molar refractivity (Wildman–Crippen MR) is 46.9 cm³/mol. The molecule has 0 aliphatic heterocycles. The Morgan fingerprint density at radius 3 is 2.64 bits per heavy atom. The van der Waals surface area contributed by atoms with Gasteiger partial charge >= 0.3 is 0 Å². The number of hydrogen-bond acceptors (Lipinski definition) is 3. The number of nitrogens with zero attached hydrogens (tertiary/aromatic N) is 4. The average molecular weight is 172 g/mol. The molecule has 11 heavy (non-hydrogen) atoms. The monoisotopic (exact) mass is 172 g/mol. The van der Waals surface area contributed by atoms with Crippen molar-refractivity contribution in [3.05, 3.63) is 10.4 Å². The molecule has 6 heteroatoms. The Morgan fingerprint density at radius 1 is 1.55 bits per heavy atom. The van der Waals surface area contributed by atoms with Crippen LogP contribution in [-0.4, -0.2) is 21.1 Å². The van der Waals surface area contributed by atoms with Crippen LogP contribution < -0.4 is 0 Å². The van der Waals surface area contributed by atoms with Gasteiger partial charge in [0.15, 0.2) is 0 Å². The SMILES string of the molecule is C[Si](C)(C)O/N=C/CN=[N+]=[N-]. The van der Waals surface area contributed by atoms with Crippen molar-refractivity contribution in [1.82, 2.24) is 0 Å². The molecule has 0 atom stereocenters. The molecule has 0 aliphatic rings. The van der Waals surface area contributed by atoms with E-state index in [4.69, 9.17) is 10.1 Å². The standard InChI is InChI=1S/C5H12N4OSi/c1-11(2,3)10-8-5-4-7-9-6/h5H,4H2,1-3H3/b8-5+. The maximum atomic E-state index is 7.89. The van der Waals surface area contributed by atoms with Crippen molar-refractivity contribution < 1.29 is 4.53 Å². The Balaban J connectivity index is 3.53. The van der Waals surface area contributed by atoms with Gasteiger partial charge in [-0.3, -0.25) is 0 Å². The highest BCUT2D eigenvalue weighted by molar-refractivity contribution is 6.69. The van der Waals surface area contributed by atoms with Crippen molar-refractivity contribution in [3.8, 4) is 0 Å². The second kappa shape index (κ2) is 4.76. The van der Waals surface area contributed by atoms with Gasteiger partial charge in [0.05, 0.1) is 6.54 Å². The fraction of sp³-hybridized carbons (Fsp3) is 0.800. The second-order valence-corrected chi connectivity index (χ2v) is 7.31. The molecule has 0 aliphatic carbocycles. The Kier molecular flexibility index (Phi) is 4.32. The topological polar surface area (TPSA) is 70.4 Å². The lowest BCUT2D eigenvalue weighted by Gasteiger charge is -2.11. The van der Waals surface area contributed by atoms with Crippen LogP contribution in [0.5, 0.6) is 0 Å². The van der Waals surface area contributed by atoms with Crippen LogP contribution in [0, 0.1) is 0 Å². The number of azide groups is 1. The van der Waals surface area contributed by atoms with Crippen molar-refractivity contribution in [1.29, 1.82) is 0 Å². The third kappa shape index (κ3) is 9.00. The van der Waals surface area contributed by atoms with E-state index in [9.17, 15) is 0 Å². The minimum absolute atomic E-state index is 0.251. The van der Waals surface area contributed by atoms with E-state index in [1.165, 1.54) is 6.21 Å². The first-order valence-corrected chi connectivity index (χ1v) is 6.68. The van der Waals surface area contributed by atoms with Gasteiger partial charge < -0.3 is 4.53 Å². The van der Waals surface area contributed by atoms with Gasteiger partial charge in [-0.25, -0.2) is 0 Å². The molecule has 0 aromatic heterocycles. The van der Waals surface area contributed by atoms with Gasteiger partial charge in [-0.05, 0) is 25.2 Å². The molecule has 0 aromatic rings. The van der Waals surface area contributed by atoms with Crippen molar-refractivity contribution in [2.24, 2.45) is 10.3 Å². The normalized spacial score (nSPS) is 11.2. The van der Waals surface area contributed by atoms with Crippen LogP contribution in [0.25, 0.3) is 10.4 Å². The molecule has 0 saturated carbocycles. The summed E-state index contributed by atoms with van der Waals surface area (Å²) in [5, 5.41) is 6.91. The third-order valence-electron chi connectivity index (χ3n) is 0.628. The first kappa shape index (κ1) is 10.00. The van der Waals surface area contributed by atoms with E-state index in [0.29, 0.717) is 0 Å². The summed E-state index contributed by atoms with van der Waals surface area (Å²) in [5.41, 5.74) is 7.89. The molecular weight excluding hydrogens is 160 g/mol. The zero-order valence-electron chi connectivity index (χ0n) is 6.98. The Bertz CT molecular complexity index is 179. The Morgan fingerprint density at radius 2 is 2.18 bits per heavy atom. The Hall–Kier alpha value is -1.00. The summed E-state index contributed by atoms with van der Waals surface area (Å²) in [4.78, 5) is 2.56. The van der Waals surface area contributed by atoms with Crippen LogP contribution in [0.15, 0.2) is 10.3 Å². The highest BCUT2D eigenvalue weighted by Crippen LogP contribution is 2.01. The number of hydrogen-bond donors (Lipinski definition) is 0. The molecule has 0 bridgehead atoms. The summed E-state index contributed by atoms with van der Waals surface area (Å²) >= 11 is 0.